The zero-order valence-electron chi connectivity index (χ0n) is 11.7. The summed E-state index contributed by atoms with van der Waals surface area (Å²) in [6.07, 6.45) is 5.30. The highest BCUT2D eigenvalue weighted by Gasteiger charge is 2.01. The van der Waals surface area contributed by atoms with Gasteiger partial charge in [-0.25, -0.2) is 0 Å². The number of nitro benzene ring substituents is 1. The molecule has 2 rings (SSSR count). The Morgan fingerprint density at radius 3 is 1.62 bits per heavy atom. The van der Waals surface area contributed by atoms with Crippen molar-refractivity contribution in [1.29, 1.82) is 0 Å². The van der Waals surface area contributed by atoms with E-state index in [0.29, 0.717) is 0 Å². The molecule has 0 bridgehead atoms. The molecule has 0 aromatic heterocycles. The molecule has 2 aromatic carbocycles. The largest absolute Gasteiger partial charge is 0.269 e. The van der Waals surface area contributed by atoms with Crippen LogP contribution in [0.2, 0.25) is 0 Å². The molecule has 0 saturated carbocycles. The molecule has 0 fully saturated rings. The Morgan fingerprint density at radius 2 is 1.29 bits per heavy atom. The van der Waals surface area contributed by atoms with Crippen LogP contribution in [0.15, 0.2) is 68.3 Å². The van der Waals surface area contributed by atoms with Crippen molar-refractivity contribution < 1.29 is 4.92 Å². The van der Waals surface area contributed by atoms with Gasteiger partial charge >= 0.3 is 0 Å². The van der Waals surface area contributed by atoms with Crippen LogP contribution in [0.4, 0.5) is 5.69 Å². The first-order chi connectivity index (χ1) is 10.1. The number of benzene rings is 2. The monoisotopic (exact) mass is 279 g/mol. The Hall–Kier alpha value is -2.94. The number of nitro groups is 1. The van der Waals surface area contributed by atoms with Crippen molar-refractivity contribution in [3.8, 4) is 0 Å². The highest BCUT2D eigenvalue weighted by atomic mass is 16.6. The highest BCUT2D eigenvalue weighted by Crippen LogP contribution is 2.12. The van der Waals surface area contributed by atoms with E-state index in [1.54, 1.807) is 18.2 Å². The summed E-state index contributed by atoms with van der Waals surface area (Å²) >= 11 is 0. The number of non-ortho nitro benzene ring substituents is 1. The van der Waals surface area contributed by atoms with E-state index in [-0.39, 0.29) is 5.69 Å². The maximum atomic E-state index is 10.2. The normalized spacial score (nSPS) is 8.95. The molecule has 0 N–H and O–H groups in total. The highest BCUT2D eigenvalue weighted by molar-refractivity contribution is 5.63. The van der Waals surface area contributed by atoms with Crippen molar-refractivity contribution in [2.45, 2.75) is 0 Å². The SMILES string of the molecule is C=Cc1ccc([N+](=O)[O-])cc1.C=Cc1ccccc1C=C. The van der Waals surface area contributed by atoms with Gasteiger partial charge in [-0.3, -0.25) is 10.1 Å². The van der Waals surface area contributed by atoms with Crippen molar-refractivity contribution in [2.24, 2.45) is 0 Å². The second-order valence-electron chi connectivity index (χ2n) is 4.09. The van der Waals surface area contributed by atoms with Gasteiger partial charge < -0.3 is 0 Å². The molecular weight excluding hydrogens is 262 g/mol. The van der Waals surface area contributed by atoms with Crippen LogP contribution in [-0.2, 0) is 0 Å². The number of nitrogens with zero attached hydrogens (tertiary/aromatic N) is 1. The van der Waals surface area contributed by atoms with Crippen LogP contribution in [0, 0.1) is 10.1 Å². The van der Waals surface area contributed by atoms with Gasteiger partial charge in [0.05, 0.1) is 4.92 Å². The van der Waals surface area contributed by atoms with Gasteiger partial charge in [0.25, 0.3) is 5.69 Å². The molecule has 2 aromatic rings. The van der Waals surface area contributed by atoms with Crippen LogP contribution in [0.25, 0.3) is 18.2 Å². The third-order valence-corrected chi connectivity index (χ3v) is 2.78. The van der Waals surface area contributed by atoms with Gasteiger partial charge in [-0.1, -0.05) is 62.2 Å². The number of hydrogen-bond acceptors (Lipinski definition) is 2. The zero-order chi connectivity index (χ0) is 15.7. The minimum atomic E-state index is -0.424. The Labute approximate surface area is 124 Å². The quantitative estimate of drug-likeness (QED) is 0.569. The molecule has 0 aliphatic carbocycles. The van der Waals surface area contributed by atoms with E-state index in [4.69, 9.17) is 0 Å². The Balaban J connectivity index is 0.000000211. The standard InChI is InChI=1S/C10H10.C8H7NO2/c1-3-9-7-5-6-8-10(9)4-2;1-2-7-3-5-8(6-4-7)9(10)11/h3-8H,1-2H2;2-6H,1H2. The second-order valence-corrected chi connectivity index (χ2v) is 4.09. The van der Waals surface area contributed by atoms with Crippen LogP contribution in [0.1, 0.15) is 16.7 Å². The van der Waals surface area contributed by atoms with Crippen LogP contribution in [-0.4, -0.2) is 4.92 Å². The van der Waals surface area contributed by atoms with Crippen LogP contribution in [0.3, 0.4) is 0 Å². The van der Waals surface area contributed by atoms with E-state index in [1.165, 1.54) is 12.1 Å². The first kappa shape index (κ1) is 16.1. The van der Waals surface area contributed by atoms with E-state index < -0.39 is 4.92 Å². The van der Waals surface area contributed by atoms with E-state index in [9.17, 15) is 10.1 Å². The average molecular weight is 279 g/mol. The first-order valence-corrected chi connectivity index (χ1v) is 6.33. The Bertz CT molecular complexity index is 616. The van der Waals surface area contributed by atoms with Crippen LogP contribution < -0.4 is 0 Å². The van der Waals surface area contributed by atoms with E-state index >= 15 is 0 Å². The van der Waals surface area contributed by atoms with Crippen LogP contribution >= 0.6 is 0 Å². The smallest absolute Gasteiger partial charge is 0.258 e. The maximum Gasteiger partial charge on any atom is 0.269 e. The fourth-order valence-electron chi connectivity index (χ4n) is 1.61. The fourth-order valence-corrected chi connectivity index (χ4v) is 1.61. The third-order valence-electron chi connectivity index (χ3n) is 2.78. The lowest BCUT2D eigenvalue weighted by Crippen LogP contribution is -1.86. The van der Waals surface area contributed by atoms with Crippen LogP contribution in [0.5, 0.6) is 0 Å². The van der Waals surface area contributed by atoms with Gasteiger partial charge in [-0.15, -0.1) is 0 Å². The van der Waals surface area contributed by atoms with E-state index in [1.807, 2.05) is 36.4 Å². The third kappa shape index (κ3) is 4.91. The predicted molar refractivity (Wildman–Crippen MR) is 89.8 cm³/mol. The summed E-state index contributed by atoms with van der Waals surface area (Å²) in [7, 11) is 0. The Kier molecular flexibility index (Phi) is 6.35. The summed E-state index contributed by atoms with van der Waals surface area (Å²) in [5, 5.41) is 10.2. The summed E-state index contributed by atoms with van der Waals surface area (Å²) in [5.74, 6) is 0. The summed E-state index contributed by atoms with van der Waals surface area (Å²) in [6, 6.07) is 14.2. The predicted octanol–water partition coefficient (Wildman–Crippen LogP) is 5.21. The fraction of sp³-hybridized carbons (Fsp3) is 0. The van der Waals surface area contributed by atoms with Gasteiger partial charge in [0.15, 0.2) is 0 Å². The van der Waals surface area contributed by atoms with Crippen molar-refractivity contribution in [2.75, 3.05) is 0 Å². The maximum absolute atomic E-state index is 10.2. The molecule has 0 heterocycles. The minimum absolute atomic E-state index is 0.107. The molecule has 0 radical (unpaired) electrons. The van der Waals surface area contributed by atoms with E-state index in [0.717, 1.165) is 16.7 Å². The molecule has 0 aliphatic heterocycles. The summed E-state index contributed by atoms with van der Waals surface area (Å²) in [4.78, 5) is 9.76. The molecule has 0 saturated heterocycles. The topological polar surface area (TPSA) is 43.1 Å². The van der Waals surface area contributed by atoms with Gasteiger partial charge in [-0.2, -0.15) is 0 Å². The lowest BCUT2D eigenvalue weighted by atomic mass is 10.1. The van der Waals surface area contributed by atoms with Crippen molar-refractivity contribution in [3.05, 3.63) is 95.1 Å². The first-order valence-electron chi connectivity index (χ1n) is 6.33. The molecular formula is C18H17NO2. The lowest BCUT2D eigenvalue weighted by Gasteiger charge is -1.96. The molecule has 0 atom stereocenters. The molecule has 0 spiro atoms. The number of rotatable bonds is 4. The molecule has 0 unspecified atom stereocenters. The second kappa shape index (κ2) is 8.27. The lowest BCUT2D eigenvalue weighted by molar-refractivity contribution is -0.384. The minimum Gasteiger partial charge on any atom is -0.258 e. The summed E-state index contributed by atoms with van der Waals surface area (Å²) in [6.45, 7) is 10.9. The van der Waals surface area contributed by atoms with Crippen molar-refractivity contribution >= 4 is 23.9 Å². The van der Waals surface area contributed by atoms with Gasteiger partial charge in [0.2, 0.25) is 0 Å². The zero-order valence-corrected chi connectivity index (χ0v) is 11.7. The molecule has 3 nitrogen and oxygen atoms in total. The van der Waals surface area contributed by atoms with E-state index in [2.05, 4.69) is 19.7 Å². The van der Waals surface area contributed by atoms with Crippen molar-refractivity contribution in [3.63, 3.8) is 0 Å². The summed E-state index contributed by atoms with van der Waals surface area (Å²) in [5.41, 5.74) is 3.27. The Morgan fingerprint density at radius 1 is 0.810 bits per heavy atom. The van der Waals surface area contributed by atoms with Crippen molar-refractivity contribution in [1.82, 2.24) is 0 Å². The molecule has 0 amide bonds. The molecule has 106 valence electrons. The van der Waals surface area contributed by atoms with Gasteiger partial charge in [0, 0.05) is 12.1 Å². The number of hydrogen-bond donors (Lipinski definition) is 0. The summed E-state index contributed by atoms with van der Waals surface area (Å²) < 4.78 is 0. The molecule has 0 aliphatic rings. The molecule has 21 heavy (non-hydrogen) atoms. The average Bonchev–Trinajstić information content (AvgIpc) is 2.55. The molecule has 3 heteroatoms. The van der Waals surface area contributed by atoms with Gasteiger partial charge in [-0.05, 0) is 28.8 Å². The van der Waals surface area contributed by atoms with Gasteiger partial charge in [0.1, 0.15) is 0 Å².